The molecule has 1 spiro atoms. The number of likely N-dealkylation sites (tertiary alicyclic amines) is 1. The first-order chi connectivity index (χ1) is 11.1. The van der Waals surface area contributed by atoms with Crippen LogP contribution in [0.15, 0.2) is 0 Å². The van der Waals surface area contributed by atoms with Gasteiger partial charge < -0.3 is 19.9 Å². The number of hydrogen-bond acceptors (Lipinski definition) is 6. The lowest BCUT2D eigenvalue weighted by atomic mass is 9.93. The molecule has 2 aliphatic rings. The maximum atomic E-state index is 12.3. The van der Waals surface area contributed by atoms with Crippen molar-refractivity contribution in [3.63, 3.8) is 0 Å². The van der Waals surface area contributed by atoms with E-state index in [2.05, 4.69) is 25.9 Å². The van der Waals surface area contributed by atoms with E-state index in [-0.39, 0.29) is 12.1 Å². The van der Waals surface area contributed by atoms with Gasteiger partial charge in [0.1, 0.15) is 5.60 Å². The number of likely N-dealkylation sites (N-methyl/N-ethyl adjacent to an activating group) is 1. The Labute approximate surface area is 133 Å². The summed E-state index contributed by atoms with van der Waals surface area (Å²) in [5, 5.41) is 16.5. The number of ether oxygens (including phenoxy) is 1. The second-order valence-corrected chi connectivity index (χ2v) is 6.10. The number of carbonyl (C=O) groups is 2. The van der Waals surface area contributed by atoms with Crippen molar-refractivity contribution >= 4 is 12.1 Å². The van der Waals surface area contributed by atoms with Crippen LogP contribution in [0.3, 0.4) is 0 Å². The van der Waals surface area contributed by atoms with Crippen molar-refractivity contribution in [3.8, 4) is 0 Å². The van der Waals surface area contributed by atoms with E-state index in [4.69, 9.17) is 4.74 Å². The molecule has 1 atom stereocenters. The fourth-order valence-corrected chi connectivity index (χ4v) is 3.12. The molecule has 2 N–H and O–H groups in total. The van der Waals surface area contributed by atoms with Gasteiger partial charge in [-0.15, -0.1) is 10.2 Å². The molecule has 3 rings (SSSR count). The Morgan fingerprint density at radius 2 is 2.35 bits per heavy atom. The lowest BCUT2D eigenvalue weighted by Crippen LogP contribution is -2.54. The van der Waals surface area contributed by atoms with Crippen LogP contribution in [0.25, 0.3) is 0 Å². The largest absolute Gasteiger partial charge is 0.439 e. The Balaban J connectivity index is 1.45. The van der Waals surface area contributed by atoms with E-state index in [0.29, 0.717) is 38.4 Å². The second kappa shape index (κ2) is 6.39. The first-order valence-corrected chi connectivity index (χ1v) is 7.77. The van der Waals surface area contributed by atoms with Crippen molar-refractivity contribution in [2.75, 3.05) is 33.2 Å². The number of H-pyrrole nitrogens is 1. The molecular weight excluding hydrogens is 302 g/mol. The summed E-state index contributed by atoms with van der Waals surface area (Å²) in [5.41, 5.74) is -0.550. The fraction of sp³-hybridized carbons (Fsp3) is 0.769. The Kier molecular flexibility index (Phi) is 4.30. The normalized spacial score (nSPS) is 24.1. The molecule has 10 nitrogen and oxygen atoms in total. The number of nitrogens with zero attached hydrogens (tertiary/aromatic N) is 5. The van der Waals surface area contributed by atoms with Crippen LogP contribution in [0.2, 0.25) is 0 Å². The van der Waals surface area contributed by atoms with Gasteiger partial charge in [0, 0.05) is 26.6 Å². The summed E-state index contributed by atoms with van der Waals surface area (Å²) in [6.45, 7) is 2.20. The van der Waals surface area contributed by atoms with E-state index in [0.717, 1.165) is 19.3 Å². The van der Waals surface area contributed by atoms with E-state index in [1.54, 1.807) is 16.8 Å². The van der Waals surface area contributed by atoms with E-state index < -0.39 is 5.60 Å². The average Bonchev–Trinajstić information content (AvgIpc) is 3.12. The number of amides is 3. The number of aromatic nitrogens is 4. The molecule has 1 unspecified atom stereocenters. The SMILES string of the molecule is CN1CC2(CCCN(C(=O)NCCCc3nn[nH]n3)C2)OC1=O. The van der Waals surface area contributed by atoms with Gasteiger partial charge in [0.05, 0.1) is 13.1 Å². The summed E-state index contributed by atoms with van der Waals surface area (Å²) < 4.78 is 5.50. The van der Waals surface area contributed by atoms with E-state index in [1.807, 2.05) is 0 Å². The quantitative estimate of drug-likeness (QED) is 0.739. The molecule has 0 aromatic carbocycles. The molecule has 3 heterocycles. The number of aryl methyl sites for hydroxylation is 1. The number of tetrazole rings is 1. The van der Waals surface area contributed by atoms with Crippen LogP contribution in [-0.2, 0) is 11.2 Å². The van der Waals surface area contributed by atoms with Gasteiger partial charge >= 0.3 is 12.1 Å². The van der Waals surface area contributed by atoms with Crippen LogP contribution < -0.4 is 5.32 Å². The van der Waals surface area contributed by atoms with Gasteiger partial charge in [-0.2, -0.15) is 5.21 Å². The summed E-state index contributed by atoms with van der Waals surface area (Å²) in [4.78, 5) is 27.2. The first-order valence-electron chi connectivity index (χ1n) is 7.77. The molecule has 126 valence electrons. The molecule has 0 saturated carbocycles. The summed E-state index contributed by atoms with van der Waals surface area (Å²) in [6, 6.07) is -0.122. The maximum absolute atomic E-state index is 12.3. The van der Waals surface area contributed by atoms with Gasteiger partial charge in [0.25, 0.3) is 0 Å². The predicted octanol–water partition coefficient (Wildman–Crippen LogP) is -0.241. The van der Waals surface area contributed by atoms with Crippen LogP contribution >= 0.6 is 0 Å². The zero-order valence-corrected chi connectivity index (χ0v) is 13.1. The van der Waals surface area contributed by atoms with Crippen molar-refractivity contribution in [1.29, 1.82) is 0 Å². The van der Waals surface area contributed by atoms with Crippen LogP contribution in [-0.4, -0.2) is 81.4 Å². The third kappa shape index (κ3) is 3.51. The van der Waals surface area contributed by atoms with E-state index >= 15 is 0 Å². The Hall–Kier alpha value is -2.39. The molecule has 2 saturated heterocycles. The van der Waals surface area contributed by atoms with E-state index in [9.17, 15) is 9.59 Å². The number of hydrogen-bond donors (Lipinski definition) is 2. The lowest BCUT2D eigenvalue weighted by Gasteiger charge is -2.38. The van der Waals surface area contributed by atoms with Crippen LogP contribution in [0.1, 0.15) is 25.1 Å². The molecule has 1 aromatic rings. The minimum absolute atomic E-state index is 0.122. The number of carbonyl (C=O) groups excluding carboxylic acids is 2. The standard InChI is InChI=1S/C13H21N7O3/c1-19-8-13(23-12(19)22)5-3-7-20(9-13)11(21)14-6-2-4-10-15-17-18-16-10/h2-9H2,1H3,(H,14,21)(H,15,16,17,18). The Morgan fingerprint density at radius 1 is 1.48 bits per heavy atom. The highest BCUT2D eigenvalue weighted by molar-refractivity contribution is 5.75. The summed E-state index contributed by atoms with van der Waals surface area (Å²) in [6.07, 6.45) is 2.71. The molecule has 0 bridgehead atoms. The number of urea groups is 1. The monoisotopic (exact) mass is 323 g/mol. The summed E-state index contributed by atoms with van der Waals surface area (Å²) in [7, 11) is 1.72. The second-order valence-electron chi connectivity index (χ2n) is 6.10. The molecule has 10 heteroatoms. The third-order valence-corrected chi connectivity index (χ3v) is 4.21. The maximum Gasteiger partial charge on any atom is 0.410 e. The number of nitrogens with one attached hydrogen (secondary N) is 2. The number of aromatic amines is 1. The van der Waals surface area contributed by atoms with E-state index in [1.165, 1.54) is 0 Å². The molecule has 2 fully saturated rings. The van der Waals surface area contributed by atoms with Crippen molar-refractivity contribution in [2.24, 2.45) is 0 Å². The number of piperidine rings is 1. The van der Waals surface area contributed by atoms with Gasteiger partial charge in [-0.05, 0) is 19.3 Å². The van der Waals surface area contributed by atoms with Gasteiger partial charge in [-0.1, -0.05) is 5.21 Å². The van der Waals surface area contributed by atoms with Crippen molar-refractivity contribution in [3.05, 3.63) is 5.82 Å². The van der Waals surface area contributed by atoms with Crippen molar-refractivity contribution in [2.45, 2.75) is 31.3 Å². The molecule has 0 radical (unpaired) electrons. The molecular formula is C13H21N7O3. The topological polar surface area (TPSA) is 116 Å². The van der Waals surface area contributed by atoms with Gasteiger partial charge in [-0.25, -0.2) is 9.59 Å². The third-order valence-electron chi connectivity index (χ3n) is 4.21. The highest BCUT2D eigenvalue weighted by atomic mass is 16.6. The lowest BCUT2D eigenvalue weighted by molar-refractivity contribution is 0.00323. The molecule has 0 aliphatic carbocycles. The predicted molar refractivity (Wildman–Crippen MR) is 78.5 cm³/mol. The zero-order chi connectivity index (χ0) is 16.3. The first kappa shape index (κ1) is 15.5. The smallest absolute Gasteiger partial charge is 0.410 e. The van der Waals surface area contributed by atoms with Crippen molar-refractivity contribution in [1.82, 2.24) is 35.7 Å². The fourth-order valence-electron chi connectivity index (χ4n) is 3.12. The summed E-state index contributed by atoms with van der Waals surface area (Å²) >= 11 is 0. The average molecular weight is 323 g/mol. The van der Waals surface area contributed by atoms with Crippen LogP contribution in [0, 0.1) is 0 Å². The van der Waals surface area contributed by atoms with Crippen molar-refractivity contribution < 1.29 is 14.3 Å². The zero-order valence-electron chi connectivity index (χ0n) is 13.1. The molecule has 2 aliphatic heterocycles. The minimum Gasteiger partial charge on any atom is -0.439 e. The number of rotatable bonds is 4. The van der Waals surface area contributed by atoms with Gasteiger partial charge in [0.15, 0.2) is 5.82 Å². The van der Waals surface area contributed by atoms with Crippen LogP contribution in [0.4, 0.5) is 9.59 Å². The Bertz CT molecular complexity index is 564. The van der Waals surface area contributed by atoms with Crippen LogP contribution in [0.5, 0.6) is 0 Å². The highest BCUT2D eigenvalue weighted by Crippen LogP contribution is 2.31. The Morgan fingerprint density at radius 3 is 3.04 bits per heavy atom. The highest BCUT2D eigenvalue weighted by Gasteiger charge is 2.47. The molecule has 1 aromatic heterocycles. The minimum atomic E-state index is -0.550. The van der Waals surface area contributed by atoms with Gasteiger partial charge in [0.2, 0.25) is 0 Å². The van der Waals surface area contributed by atoms with Gasteiger partial charge in [-0.3, -0.25) is 0 Å². The molecule has 23 heavy (non-hydrogen) atoms. The molecule has 3 amide bonds. The summed E-state index contributed by atoms with van der Waals surface area (Å²) in [5.74, 6) is 0.636.